The van der Waals surface area contributed by atoms with Gasteiger partial charge >= 0.3 is 0 Å². The van der Waals surface area contributed by atoms with Crippen LogP contribution in [0.15, 0.2) is 16.9 Å². The minimum atomic E-state index is -0.146. The molecule has 1 aromatic heterocycles. The summed E-state index contributed by atoms with van der Waals surface area (Å²) in [7, 11) is 0. The van der Waals surface area contributed by atoms with Crippen LogP contribution < -0.4 is 11.3 Å². The lowest BCUT2D eigenvalue weighted by molar-refractivity contribution is 0.554. The van der Waals surface area contributed by atoms with Gasteiger partial charge < -0.3 is 5.73 Å². The lowest BCUT2D eigenvalue weighted by atomic mass is 10.4. The molecule has 0 spiro atoms. The zero-order valence-electron chi connectivity index (χ0n) is 6.53. The molecule has 0 aromatic carbocycles. The molecule has 2 N–H and O–H groups in total. The summed E-state index contributed by atoms with van der Waals surface area (Å²) in [5, 5.41) is 4.15. The summed E-state index contributed by atoms with van der Waals surface area (Å²) in [5.41, 5.74) is 5.14. The van der Waals surface area contributed by atoms with Gasteiger partial charge in [0.25, 0.3) is 5.56 Å². The van der Waals surface area contributed by atoms with Gasteiger partial charge in [-0.25, -0.2) is 4.68 Å². The largest absolute Gasteiger partial charge is 0.330 e. The highest BCUT2D eigenvalue weighted by Gasteiger charge is 1.96. The Hall–Kier alpha value is -0.870. The van der Waals surface area contributed by atoms with E-state index in [0.717, 1.165) is 6.42 Å². The highest BCUT2D eigenvalue weighted by atomic mass is 35.5. The Balaban J connectivity index is 2.83. The molecule has 1 aromatic rings. The van der Waals surface area contributed by atoms with E-state index in [1.165, 1.54) is 16.8 Å². The molecular formula is C7H10ClN3O. The molecule has 1 rings (SSSR count). The first-order valence-corrected chi connectivity index (χ1v) is 4.05. The molecule has 0 amide bonds. The van der Waals surface area contributed by atoms with Crippen LogP contribution in [0.25, 0.3) is 0 Å². The summed E-state index contributed by atoms with van der Waals surface area (Å²) in [6, 6.07) is 2.87. The Kier molecular flexibility index (Phi) is 3.25. The molecule has 0 aliphatic rings. The van der Waals surface area contributed by atoms with Crippen molar-refractivity contribution < 1.29 is 0 Å². The molecule has 4 nitrogen and oxygen atoms in total. The first-order valence-electron chi connectivity index (χ1n) is 3.68. The Bertz CT molecular complexity index is 310. The summed E-state index contributed by atoms with van der Waals surface area (Å²) in [6.07, 6.45) is 0.729. The van der Waals surface area contributed by atoms with E-state index in [2.05, 4.69) is 5.10 Å². The minimum absolute atomic E-state index is 0.146. The van der Waals surface area contributed by atoms with Crippen molar-refractivity contribution >= 4 is 11.6 Å². The predicted molar refractivity (Wildman–Crippen MR) is 47.2 cm³/mol. The lowest BCUT2D eigenvalue weighted by Gasteiger charge is -2.01. The molecular weight excluding hydrogens is 178 g/mol. The second kappa shape index (κ2) is 4.23. The van der Waals surface area contributed by atoms with E-state index in [-0.39, 0.29) is 5.56 Å². The van der Waals surface area contributed by atoms with E-state index in [0.29, 0.717) is 18.2 Å². The van der Waals surface area contributed by atoms with Gasteiger partial charge in [0.05, 0.1) is 0 Å². The van der Waals surface area contributed by atoms with Gasteiger partial charge in [0.15, 0.2) is 0 Å². The zero-order chi connectivity index (χ0) is 8.97. The Labute approximate surface area is 74.9 Å². The van der Waals surface area contributed by atoms with Gasteiger partial charge in [-0.2, -0.15) is 5.10 Å². The number of halogens is 1. The van der Waals surface area contributed by atoms with E-state index in [1.54, 1.807) is 0 Å². The first-order chi connectivity index (χ1) is 5.74. The smallest absolute Gasteiger partial charge is 0.266 e. The summed E-state index contributed by atoms with van der Waals surface area (Å²) >= 11 is 5.59. The Morgan fingerprint density at radius 1 is 1.58 bits per heavy atom. The second-order valence-corrected chi connectivity index (χ2v) is 2.75. The molecule has 0 aliphatic heterocycles. The number of aromatic nitrogens is 2. The number of rotatable bonds is 3. The van der Waals surface area contributed by atoms with E-state index in [9.17, 15) is 4.79 Å². The maximum Gasteiger partial charge on any atom is 0.266 e. The lowest BCUT2D eigenvalue weighted by Crippen LogP contribution is -2.23. The minimum Gasteiger partial charge on any atom is -0.330 e. The molecule has 1 heterocycles. The predicted octanol–water partition coefficient (Wildman–Crippen LogP) is 0.246. The average molecular weight is 188 g/mol. The van der Waals surface area contributed by atoms with Crippen LogP contribution >= 0.6 is 11.6 Å². The number of nitrogens with zero attached hydrogens (tertiary/aromatic N) is 2. The van der Waals surface area contributed by atoms with Crippen LogP contribution in [0.4, 0.5) is 0 Å². The third-order valence-corrected chi connectivity index (χ3v) is 1.61. The van der Waals surface area contributed by atoms with Crippen molar-refractivity contribution in [3.8, 4) is 0 Å². The van der Waals surface area contributed by atoms with Gasteiger partial charge in [-0.1, -0.05) is 11.6 Å². The monoisotopic (exact) mass is 187 g/mol. The van der Waals surface area contributed by atoms with Crippen LogP contribution in [0.3, 0.4) is 0 Å². The maximum atomic E-state index is 11.1. The molecule has 0 aliphatic carbocycles. The first kappa shape index (κ1) is 9.22. The van der Waals surface area contributed by atoms with Crippen LogP contribution in [0, 0.1) is 0 Å². The fourth-order valence-corrected chi connectivity index (χ4v) is 0.980. The van der Waals surface area contributed by atoms with Crippen molar-refractivity contribution in [2.75, 3.05) is 6.54 Å². The SMILES string of the molecule is NCCCn1nc(Cl)ccc1=O. The fraction of sp³-hybridized carbons (Fsp3) is 0.429. The third-order valence-electron chi connectivity index (χ3n) is 1.41. The highest BCUT2D eigenvalue weighted by Crippen LogP contribution is 1.97. The van der Waals surface area contributed by atoms with Crippen molar-refractivity contribution in [1.82, 2.24) is 9.78 Å². The normalized spacial score (nSPS) is 10.2. The molecule has 0 saturated heterocycles. The van der Waals surface area contributed by atoms with Gasteiger partial charge in [0.1, 0.15) is 5.15 Å². The number of hydrogen-bond acceptors (Lipinski definition) is 3. The van der Waals surface area contributed by atoms with Crippen LogP contribution in [-0.4, -0.2) is 16.3 Å². The van der Waals surface area contributed by atoms with E-state index >= 15 is 0 Å². The molecule has 0 bridgehead atoms. The molecule has 66 valence electrons. The molecule has 0 unspecified atom stereocenters. The van der Waals surface area contributed by atoms with Gasteiger partial charge in [0, 0.05) is 12.6 Å². The van der Waals surface area contributed by atoms with Gasteiger partial charge in [-0.15, -0.1) is 0 Å². The van der Waals surface area contributed by atoms with Crippen molar-refractivity contribution in [2.45, 2.75) is 13.0 Å². The van der Waals surface area contributed by atoms with Crippen molar-refractivity contribution in [3.63, 3.8) is 0 Å². The zero-order valence-corrected chi connectivity index (χ0v) is 7.29. The van der Waals surface area contributed by atoms with E-state index in [4.69, 9.17) is 17.3 Å². The topological polar surface area (TPSA) is 60.9 Å². The second-order valence-electron chi connectivity index (χ2n) is 2.36. The summed E-state index contributed by atoms with van der Waals surface area (Å²) in [6.45, 7) is 1.07. The van der Waals surface area contributed by atoms with E-state index < -0.39 is 0 Å². The molecule has 5 heteroatoms. The number of hydrogen-bond donors (Lipinski definition) is 1. The molecule has 0 saturated carbocycles. The Morgan fingerprint density at radius 3 is 3.00 bits per heavy atom. The molecule has 0 radical (unpaired) electrons. The molecule has 0 fully saturated rings. The van der Waals surface area contributed by atoms with Crippen LogP contribution in [0.5, 0.6) is 0 Å². The highest BCUT2D eigenvalue weighted by molar-refractivity contribution is 6.29. The summed E-state index contributed by atoms with van der Waals surface area (Å²) in [4.78, 5) is 11.1. The molecule has 12 heavy (non-hydrogen) atoms. The van der Waals surface area contributed by atoms with Crippen molar-refractivity contribution in [1.29, 1.82) is 0 Å². The third kappa shape index (κ3) is 2.32. The number of nitrogens with two attached hydrogens (primary N) is 1. The maximum absolute atomic E-state index is 11.1. The van der Waals surface area contributed by atoms with Gasteiger partial charge in [0.2, 0.25) is 0 Å². The molecule has 0 atom stereocenters. The summed E-state index contributed by atoms with van der Waals surface area (Å²) < 4.78 is 1.31. The Morgan fingerprint density at radius 2 is 2.33 bits per heavy atom. The average Bonchev–Trinajstić information content (AvgIpc) is 2.07. The van der Waals surface area contributed by atoms with E-state index in [1.807, 2.05) is 0 Å². The quantitative estimate of drug-likeness (QED) is 0.738. The van der Waals surface area contributed by atoms with Crippen LogP contribution in [0.1, 0.15) is 6.42 Å². The standard InChI is InChI=1S/C7H10ClN3O/c8-6-2-3-7(12)11(10-6)5-1-4-9/h2-3H,1,4-5,9H2. The van der Waals surface area contributed by atoms with Crippen molar-refractivity contribution in [2.24, 2.45) is 5.73 Å². The fourth-order valence-electron chi connectivity index (χ4n) is 0.825. The summed E-state index contributed by atoms with van der Waals surface area (Å²) in [5.74, 6) is 0. The van der Waals surface area contributed by atoms with Crippen LogP contribution in [-0.2, 0) is 6.54 Å². The number of aryl methyl sites for hydroxylation is 1. The van der Waals surface area contributed by atoms with Gasteiger partial charge in [-0.3, -0.25) is 4.79 Å². The van der Waals surface area contributed by atoms with Crippen LogP contribution in [0.2, 0.25) is 5.15 Å². The van der Waals surface area contributed by atoms with Gasteiger partial charge in [-0.05, 0) is 19.0 Å². The van der Waals surface area contributed by atoms with Crippen molar-refractivity contribution in [3.05, 3.63) is 27.6 Å².